The van der Waals surface area contributed by atoms with E-state index in [0.29, 0.717) is 26.2 Å². The Morgan fingerprint density at radius 2 is 0.583 bits per heavy atom. The van der Waals surface area contributed by atoms with Crippen molar-refractivity contribution in [3.05, 3.63) is 0 Å². The lowest BCUT2D eigenvalue weighted by atomic mass is 10.8. The zero-order chi connectivity index (χ0) is 20.8. The minimum Gasteiger partial charge on any atom is -0.784 e. The summed E-state index contributed by atoms with van der Waals surface area (Å²) < 4.78 is 50.7. The molecule has 0 aliphatic carbocycles. The first-order valence-corrected chi connectivity index (χ1v) is 8.26. The molecule has 24 heavy (non-hydrogen) atoms. The Kier molecular flexibility index (Phi) is 92.6. The van der Waals surface area contributed by atoms with E-state index in [1.807, 2.05) is 0 Å². The molecule has 0 spiro atoms. The van der Waals surface area contributed by atoms with Crippen molar-refractivity contribution in [2.24, 2.45) is 0 Å². The second-order valence-corrected chi connectivity index (χ2v) is 3.53. The Labute approximate surface area is 146 Å². The lowest BCUT2D eigenvalue weighted by molar-refractivity contribution is -0.372. The van der Waals surface area contributed by atoms with E-state index in [2.05, 4.69) is 22.9 Å². The zero-order valence-corrected chi connectivity index (χ0v) is 15.2. The van der Waals surface area contributed by atoms with Gasteiger partial charge in [-0.05, 0) is 0 Å². The molecule has 0 rings (SSSR count). The van der Waals surface area contributed by atoms with E-state index in [1.54, 1.807) is 0 Å². The van der Waals surface area contributed by atoms with Gasteiger partial charge in [-0.25, -0.2) is 0 Å². The first kappa shape index (κ1) is 39.1. The lowest BCUT2D eigenvalue weighted by Crippen LogP contribution is -2.51. The van der Waals surface area contributed by atoms with E-state index in [0.717, 1.165) is 0 Å². The van der Waals surface area contributed by atoms with Crippen LogP contribution in [0.1, 0.15) is 0 Å². The molecule has 0 saturated carbocycles. The van der Waals surface area contributed by atoms with Gasteiger partial charge >= 0.3 is 0 Å². The van der Waals surface area contributed by atoms with Gasteiger partial charge in [0.05, 0.1) is 52.6 Å². The Bertz CT molecular complexity index is 164. The largest absolute Gasteiger partial charge is 0.784 e. The Hall–Kier alpha value is -0.180. The number of aliphatic hydroxyl groups is 4. The molecule has 0 saturated heterocycles. The molecule has 16 N–H and O–H groups in total. The summed E-state index contributed by atoms with van der Waals surface area (Å²) in [6.45, 7) is 3.33. The molecule has 0 bridgehead atoms. The van der Waals surface area contributed by atoms with Crippen molar-refractivity contribution in [3.63, 3.8) is 0 Å². The molecule has 0 amide bonds. The summed E-state index contributed by atoms with van der Waals surface area (Å²) in [7, 11) is 0. The number of rotatable bonds is 4. The third-order valence-electron chi connectivity index (χ3n) is 0.632. The molecule has 0 radical (unpaired) electrons. The molecule has 0 atom stereocenters. The summed E-state index contributed by atoms with van der Waals surface area (Å²) in [4.78, 5) is 0. The molecule has 0 unspecified atom stereocenters. The minimum absolute atomic E-state index is 0.208. The summed E-state index contributed by atoms with van der Waals surface area (Å²) in [5.74, 6) is 0. The van der Waals surface area contributed by atoms with Crippen molar-refractivity contribution < 1.29 is 70.0 Å². The van der Waals surface area contributed by atoms with Crippen LogP contribution in [0.25, 0.3) is 0 Å². The summed E-state index contributed by atoms with van der Waals surface area (Å²) in [6.07, 6.45) is 0. The summed E-state index contributed by atoms with van der Waals surface area (Å²) in [6, 6.07) is 0. The molecule has 0 aliphatic rings. The zero-order valence-electron chi connectivity index (χ0n) is 13.5. The van der Waals surface area contributed by atoms with Crippen LogP contribution in [0.2, 0.25) is 0 Å². The summed E-state index contributed by atoms with van der Waals surface area (Å²) in [5.41, 5.74) is 13.4. The SMILES string of the molecule is O=S([O-])[O-].O=S([O-])[O-].[NH3+]CCO.[NH3+]CCO.[NH3+]CCO.[NH3+]CCO. The van der Waals surface area contributed by atoms with E-state index >= 15 is 0 Å². The van der Waals surface area contributed by atoms with Gasteiger partial charge in [-0.15, -0.1) is 22.7 Å². The average molecular weight is 408 g/mol. The van der Waals surface area contributed by atoms with Gasteiger partial charge in [-0.3, -0.25) is 8.42 Å². The maximum absolute atomic E-state index is 8.44. The normalized spacial score (nSPS) is 7.92. The molecule has 0 aromatic carbocycles. The van der Waals surface area contributed by atoms with Crippen LogP contribution in [-0.4, -0.2) is 99.7 Å². The standard InChI is InChI=1S/4C2H7NO.2H2O3S/c4*3-1-2-4;2*1-4(2)3/h4*4H,1-3H2;2*(H2,1,2,3). The van der Waals surface area contributed by atoms with Gasteiger partial charge in [0.1, 0.15) is 0 Å². The highest BCUT2D eigenvalue weighted by Crippen LogP contribution is 1.43. The van der Waals surface area contributed by atoms with Crippen LogP contribution in [0.15, 0.2) is 0 Å². The van der Waals surface area contributed by atoms with E-state index in [9.17, 15) is 0 Å². The van der Waals surface area contributed by atoms with E-state index < -0.39 is 22.7 Å². The fraction of sp³-hybridized carbons (Fsp3) is 1.00. The van der Waals surface area contributed by atoms with E-state index in [4.69, 9.17) is 47.1 Å². The maximum Gasteiger partial charge on any atom is 0.0974 e. The molecule has 16 heteroatoms. The quantitative estimate of drug-likeness (QED) is 0.203. The minimum atomic E-state index is -3.11. The van der Waals surface area contributed by atoms with E-state index in [1.165, 1.54) is 0 Å². The molecule has 0 aromatic heterocycles. The number of quaternary nitrogens is 4. The average Bonchev–Trinajstić information content (AvgIpc) is 2.54. The third-order valence-corrected chi connectivity index (χ3v) is 0.632. The molecule has 156 valence electrons. The number of hydrogen-bond donors (Lipinski definition) is 8. The topological polar surface area (TPSA) is 318 Å². The van der Waals surface area contributed by atoms with Gasteiger partial charge < -0.3 is 61.6 Å². The fourth-order valence-electron chi connectivity index (χ4n) is 0. The van der Waals surface area contributed by atoms with Crippen LogP contribution in [0.4, 0.5) is 0 Å². The van der Waals surface area contributed by atoms with Crippen LogP contribution in [0.3, 0.4) is 0 Å². The maximum atomic E-state index is 8.44. The fourth-order valence-corrected chi connectivity index (χ4v) is 0. The highest BCUT2D eigenvalue weighted by Gasteiger charge is 1.61. The molecular formula is C8H32N4O10S2. The van der Waals surface area contributed by atoms with Crippen molar-refractivity contribution >= 4 is 22.7 Å². The Morgan fingerprint density at radius 3 is 0.583 bits per heavy atom. The second-order valence-electron chi connectivity index (χ2n) is 2.72. The predicted molar refractivity (Wildman–Crippen MR) is 78.8 cm³/mol. The summed E-state index contributed by atoms with van der Waals surface area (Å²) in [5, 5.41) is 31.2. The Balaban J connectivity index is -0.0000000405. The monoisotopic (exact) mass is 408 g/mol. The van der Waals surface area contributed by atoms with Crippen LogP contribution in [0, 0.1) is 0 Å². The molecule has 0 aromatic rings. The number of aliphatic hydroxyl groups excluding tert-OH is 4. The highest BCUT2D eigenvalue weighted by atomic mass is 32.2. The van der Waals surface area contributed by atoms with Gasteiger partial charge in [0.25, 0.3) is 0 Å². The van der Waals surface area contributed by atoms with Crippen molar-refractivity contribution in [2.75, 3.05) is 52.6 Å². The Morgan fingerprint density at radius 1 is 0.542 bits per heavy atom. The van der Waals surface area contributed by atoms with Gasteiger partial charge in [-0.1, -0.05) is 0 Å². The van der Waals surface area contributed by atoms with Crippen LogP contribution >= 0.6 is 0 Å². The summed E-state index contributed by atoms with van der Waals surface area (Å²) >= 11 is -6.22. The molecule has 14 nitrogen and oxygen atoms in total. The van der Waals surface area contributed by atoms with Crippen molar-refractivity contribution in [3.8, 4) is 0 Å². The van der Waals surface area contributed by atoms with Crippen molar-refractivity contribution in [1.82, 2.24) is 0 Å². The molecule has 0 aliphatic heterocycles. The second kappa shape index (κ2) is 56.9. The predicted octanol–water partition coefficient (Wildman–Crippen LogP) is -9.13. The first-order chi connectivity index (χ1) is 11.1. The highest BCUT2D eigenvalue weighted by molar-refractivity contribution is 7.73. The van der Waals surface area contributed by atoms with E-state index in [-0.39, 0.29) is 26.4 Å². The number of hydrogen-bond acceptors (Lipinski definition) is 10. The molecular weight excluding hydrogens is 376 g/mol. The first-order valence-electron chi connectivity index (χ1n) is 6.26. The third kappa shape index (κ3) is 648. The molecule has 0 fully saturated rings. The van der Waals surface area contributed by atoms with Crippen molar-refractivity contribution in [2.45, 2.75) is 0 Å². The van der Waals surface area contributed by atoms with Crippen LogP contribution in [0.5, 0.6) is 0 Å². The van der Waals surface area contributed by atoms with Gasteiger partial charge in [0.15, 0.2) is 0 Å². The lowest BCUT2D eigenvalue weighted by Gasteiger charge is -2.03. The van der Waals surface area contributed by atoms with Crippen LogP contribution in [-0.2, 0) is 22.7 Å². The van der Waals surface area contributed by atoms with Gasteiger partial charge in [-0.2, -0.15) is 0 Å². The van der Waals surface area contributed by atoms with Crippen molar-refractivity contribution in [1.29, 1.82) is 0 Å². The van der Waals surface area contributed by atoms with Crippen LogP contribution < -0.4 is 22.9 Å². The smallest absolute Gasteiger partial charge is 0.0974 e. The van der Waals surface area contributed by atoms with Gasteiger partial charge in [0, 0.05) is 0 Å². The molecule has 0 heterocycles. The van der Waals surface area contributed by atoms with Gasteiger partial charge in [0.2, 0.25) is 0 Å².